The van der Waals surface area contributed by atoms with Crippen LogP contribution in [0.2, 0.25) is 0 Å². The molecular formula is C19H17N5O2S. The van der Waals surface area contributed by atoms with Gasteiger partial charge in [-0.3, -0.25) is 4.79 Å². The second-order valence-electron chi connectivity index (χ2n) is 6.18. The Kier molecular flexibility index (Phi) is 4.55. The molecule has 1 N–H and O–H groups in total. The summed E-state index contributed by atoms with van der Waals surface area (Å²) in [6, 6.07) is 17.5. The van der Waals surface area contributed by atoms with Gasteiger partial charge in [-0.05, 0) is 57.3 Å². The average Bonchev–Trinajstić information content (AvgIpc) is 3.32. The predicted molar refractivity (Wildman–Crippen MR) is 104 cm³/mol. The Morgan fingerprint density at radius 3 is 2.70 bits per heavy atom. The molecule has 0 aliphatic carbocycles. The molecule has 4 rings (SSSR count). The van der Waals surface area contributed by atoms with Crippen LogP contribution in [0, 0.1) is 0 Å². The number of benzene rings is 2. The van der Waals surface area contributed by atoms with Gasteiger partial charge in [0.05, 0.1) is 6.04 Å². The Balaban J connectivity index is 1.46. The maximum Gasteiger partial charge on any atom is 0.369 e. The zero-order valence-corrected chi connectivity index (χ0v) is 15.4. The number of thiophene rings is 1. The summed E-state index contributed by atoms with van der Waals surface area (Å²) < 4.78 is 2.24. The van der Waals surface area contributed by atoms with Crippen LogP contribution in [-0.2, 0) is 11.3 Å². The second-order valence-corrected chi connectivity index (χ2v) is 7.10. The molecule has 0 fully saturated rings. The first-order valence-corrected chi connectivity index (χ1v) is 9.34. The number of fused-ring (bicyclic) bond motifs is 1. The molecule has 136 valence electrons. The summed E-state index contributed by atoms with van der Waals surface area (Å²) in [5.41, 5.74) is 0.558. The summed E-state index contributed by atoms with van der Waals surface area (Å²) in [6.07, 6.45) is 0. The number of aromatic nitrogens is 4. The quantitative estimate of drug-likeness (QED) is 0.578. The standard InChI is InChI=1S/C19H17N5O2S/c1-13(15-9-8-14-5-2-3-6-16(14)11-15)20-17(25)12-23-19(26)24(22-21-23)18-7-4-10-27-18/h2-11,13H,12H2,1H3,(H,20,25)/t13-/m1/s1. The van der Waals surface area contributed by atoms with E-state index in [4.69, 9.17) is 0 Å². The largest absolute Gasteiger partial charge is 0.369 e. The molecule has 2 aromatic carbocycles. The van der Waals surface area contributed by atoms with Crippen LogP contribution in [0.1, 0.15) is 18.5 Å². The highest BCUT2D eigenvalue weighted by molar-refractivity contribution is 7.12. The normalized spacial score (nSPS) is 12.2. The fourth-order valence-electron chi connectivity index (χ4n) is 2.89. The molecular weight excluding hydrogens is 362 g/mol. The van der Waals surface area contributed by atoms with E-state index in [2.05, 4.69) is 21.8 Å². The maximum absolute atomic E-state index is 12.4. The van der Waals surface area contributed by atoms with Crippen molar-refractivity contribution in [2.24, 2.45) is 0 Å². The maximum atomic E-state index is 12.4. The zero-order valence-electron chi connectivity index (χ0n) is 14.6. The summed E-state index contributed by atoms with van der Waals surface area (Å²) in [6.45, 7) is 1.73. The van der Waals surface area contributed by atoms with E-state index in [0.717, 1.165) is 21.0 Å². The van der Waals surface area contributed by atoms with Crippen LogP contribution in [0.15, 0.2) is 64.8 Å². The third kappa shape index (κ3) is 3.52. The molecule has 0 aliphatic rings. The number of carbonyl (C=O) groups is 1. The second kappa shape index (κ2) is 7.16. The molecule has 27 heavy (non-hydrogen) atoms. The van der Waals surface area contributed by atoms with Gasteiger partial charge in [0.2, 0.25) is 5.91 Å². The molecule has 2 aromatic heterocycles. The smallest absolute Gasteiger partial charge is 0.348 e. The van der Waals surface area contributed by atoms with Gasteiger partial charge in [0.25, 0.3) is 0 Å². The Bertz CT molecular complexity index is 1150. The minimum absolute atomic E-state index is 0.178. The van der Waals surface area contributed by atoms with Crippen LogP contribution < -0.4 is 11.0 Å². The van der Waals surface area contributed by atoms with Crippen molar-refractivity contribution in [3.8, 4) is 5.00 Å². The van der Waals surface area contributed by atoms with Gasteiger partial charge in [0.15, 0.2) is 0 Å². The first-order chi connectivity index (χ1) is 13.1. The summed E-state index contributed by atoms with van der Waals surface area (Å²) in [5.74, 6) is -0.295. The Morgan fingerprint density at radius 1 is 1.11 bits per heavy atom. The Morgan fingerprint density at radius 2 is 1.93 bits per heavy atom. The van der Waals surface area contributed by atoms with E-state index in [1.54, 1.807) is 6.07 Å². The van der Waals surface area contributed by atoms with Crippen molar-refractivity contribution in [2.75, 3.05) is 0 Å². The highest BCUT2D eigenvalue weighted by Gasteiger charge is 2.15. The van der Waals surface area contributed by atoms with E-state index >= 15 is 0 Å². The molecule has 7 nitrogen and oxygen atoms in total. The number of hydrogen-bond acceptors (Lipinski definition) is 5. The van der Waals surface area contributed by atoms with Crippen molar-refractivity contribution in [2.45, 2.75) is 19.5 Å². The van der Waals surface area contributed by atoms with Crippen molar-refractivity contribution in [3.63, 3.8) is 0 Å². The van der Waals surface area contributed by atoms with Gasteiger partial charge in [0, 0.05) is 0 Å². The number of rotatable bonds is 5. The van der Waals surface area contributed by atoms with E-state index < -0.39 is 5.69 Å². The highest BCUT2D eigenvalue weighted by atomic mass is 32.1. The van der Waals surface area contributed by atoms with Gasteiger partial charge in [-0.15, -0.1) is 11.3 Å². The van der Waals surface area contributed by atoms with Gasteiger partial charge in [0.1, 0.15) is 11.5 Å². The van der Waals surface area contributed by atoms with Gasteiger partial charge in [-0.25, -0.2) is 4.79 Å². The summed E-state index contributed by atoms with van der Waals surface area (Å²) in [4.78, 5) is 24.7. The molecule has 0 spiro atoms. The first-order valence-electron chi connectivity index (χ1n) is 8.46. The van der Waals surface area contributed by atoms with E-state index in [-0.39, 0.29) is 18.5 Å². The molecule has 0 bridgehead atoms. The predicted octanol–water partition coefficient (Wildman–Crippen LogP) is 2.52. The van der Waals surface area contributed by atoms with Crippen LogP contribution in [0.3, 0.4) is 0 Å². The number of carbonyl (C=O) groups excluding carboxylic acids is 1. The topological polar surface area (TPSA) is 81.8 Å². The monoisotopic (exact) mass is 379 g/mol. The molecule has 0 saturated heterocycles. The minimum atomic E-state index is -0.439. The highest BCUT2D eigenvalue weighted by Crippen LogP contribution is 2.20. The van der Waals surface area contributed by atoms with Crippen LogP contribution >= 0.6 is 11.3 Å². The lowest BCUT2D eigenvalue weighted by Crippen LogP contribution is -2.34. The molecule has 2 heterocycles. The lowest BCUT2D eigenvalue weighted by atomic mass is 10.0. The van der Waals surface area contributed by atoms with Crippen LogP contribution in [0.25, 0.3) is 15.8 Å². The number of nitrogens with zero attached hydrogens (tertiary/aromatic N) is 4. The molecule has 0 saturated carbocycles. The molecule has 0 aliphatic heterocycles. The molecule has 4 aromatic rings. The number of tetrazole rings is 1. The van der Waals surface area contributed by atoms with Gasteiger partial charge in [-0.2, -0.15) is 9.36 Å². The van der Waals surface area contributed by atoms with Crippen LogP contribution in [0.5, 0.6) is 0 Å². The first kappa shape index (κ1) is 17.2. The molecule has 1 atom stereocenters. The van der Waals surface area contributed by atoms with E-state index in [9.17, 15) is 9.59 Å². The number of amides is 1. The van der Waals surface area contributed by atoms with Crippen molar-refractivity contribution in [3.05, 3.63) is 76.0 Å². The van der Waals surface area contributed by atoms with Gasteiger partial charge < -0.3 is 5.32 Å². The summed E-state index contributed by atoms with van der Waals surface area (Å²) >= 11 is 1.38. The molecule has 0 radical (unpaired) electrons. The van der Waals surface area contributed by atoms with Crippen LogP contribution in [0.4, 0.5) is 0 Å². The van der Waals surface area contributed by atoms with E-state index in [0.29, 0.717) is 5.00 Å². The van der Waals surface area contributed by atoms with Crippen molar-refractivity contribution in [1.82, 2.24) is 25.1 Å². The zero-order chi connectivity index (χ0) is 18.8. The third-order valence-corrected chi connectivity index (χ3v) is 5.14. The minimum Gasteiger partial charge on any atom is -0.348 e. The van der Waals surface area contributed by atoms with Crippen molar-refractivity contribution < 1.29 is 4.79 Å². The van der Waals surface area contributed by atoms with Crippen LogP contribution in [-0.4, -0.2) is 25.7 Å². The Hall–Kier alpha value is -3.26. The third-order valence-electron chi connectivity index (χ3n) is 4.30. The molecule has 0 unspecified atom stereocenters. The summed E-state index contributed by atoms with van der Waals surface area (Å²) in [5, 5.41) is 15.3. The van der Waals surface area contributed by atoms with Gasteiger partial charge in [-0.1, -0.05) is 36.4 Å². The van der Waals surface area contributed by atoms with Crippen molar-refractivity contribution in [1.29, 1.82) is 0 Å². The van der Waals surface area contributed by atoms with Crippen molar-refractivity contribution >= 4 is 28.0 Å². The molecule has 1 amide bonds. The lowest BCUT2D eigenvalue weighted by molar-refractivity contribution is -0.122. The Labute approximate surface area is 158 Å². The van der Waals surface area contributed by atoms with Gasteiger partial charge >= 0.3 is 5.69 Å². The number of hydrogen-bond donors (Lipinski definition) is 1. The lowest BCUT2D eigenvalue weighted by Gasteiger charge is -2.14. The fraction of sp³-hybridized carbons (Fsp3) is 0.158. The SMILES string of the molecule is C[C@@H](NC(=O)Cn1nnn(-c2cccs2)c1=O)c1ccc2ccccc2c1. The fourth-order valence-corrected chi connectivity index (χ4v) is 3.55. The van der Waals surface area contributed by atoms with E-state index in [1.165, 1.54) is 16.0 Å². The summed E-state index contributed by atoms with van der Waals surface area (Å²) in [7, 11) is 0. The number of nitrogens with one attached hydrogen (secondary N) is 1. The average molecular weight is 379 g/mol. The van der Waals surface area contributed by atoms with E-state index in [1.807, 2.05) is 54.8 Å². The molecule has 8 heteroatoms.